The van der Waals surface area contributed by atoms with Crippen LogP contribution in [0.1, 0.15) is 25.3 Å². The quantitative estimate of drug-likeness (QED) is 0.201. The summed E-state index contributed by atoms with van der Waals surface area (Å²) in [7, 11) is 0. The summed E-state index contributed by atoms with van der Waals surface area (Å²) in [6, 6.07) is 16.2. The van der Waals surface area contributed by atoms with Crippen LogP contribution in [0.15, 0.2) is 59.9 Å². The van der Waals surface area contributed by atoms with Crippen molar-refractivity contribution in [1.82, 2.24) is 25.1 Å². The molecule has 8 nitrogen and oxygen atoms in total. The lowest BCUT2D eigenvalue weighted by molar-refractivity contribution is -0.143. The standard InChI is InChI=1S/C25H27N5O3S/c1-3-33-23(32)12-7-13-26-22(31)16-34-25-29-28-24(30(25)18-9-6-8-17(2)14-18)20-15-27-21-11-5-4-10-19(20)21/h4-6,8-11,14-15,27H,3,7,12-13,16H2,1-2H3,(H,26,31). The second-order valence-corrected chi connectivity index (χ2v) is 8.72. The molecule has 2 heterocycles. The molecule has 0 atom stereocenters. The minimum Gasteiger partial charge on any atom is -0.466 e. The van der Waals surface area contributed by atoms with E-state index in [2.05, 4.69) is 26.6 Å². The van der Waals surface area contributed by atoms with Gasteiger partial charge in [-0.3, -0.25) is 14.2 Å². The monoisotopic (exact) mass is 477 g/mol. The van der Waals surface area contributed by atoms with E-state index in [-0.39, 0.29) is 24.1 Å². The van der Waals surface area contributed by atoms with Crippen LogP contribution in [0.2, 0.25) is 0 Å². The molecule has 1 amide bonds. The van der Waals surface area contributed by atoms with Gasteiger partial charge in [0.2, 0.25) is 5.91 Å². The Hall–Kier alpha value is -3.59. The lowest BCUT2D eigenvalue weighted by atomic mass is 10.1. The summed E-state index contributed by atoms with van der Waals surface area (Å²) in [5, 5.41) is 13.4. The number of nitrogens with one attached hydrogen (secondary N) is 2. The zero-order chi connectivity index (χ0) is 23.9. The average Bonchev–Trinajstić information content (AvgIpc) is 3.44. The van der Waals surface area contributed by atoms with Gasteiger partial charge in [-0.1, -0.05) is 42.1 Å². The number of esters is 1. The van der Waals surface area contributed by atoms with Crippen molar-refractivity contribution in [3.05, 3.63) is 60.3 Å². The third-order valence-corrected chi connectivity index (χ3v) is 6.17. The number of H-pyrrole nitrogens is 1. The Balaban J connectivity index is 1.52. The van der Waals surface area contributed by atoms with Gasteiger partial charge in [-0.05, 0) is 44.0 Å². The molecule has 0 aliphatic carbocycles. The van der Waals surface area contributed by atoms with Gasteiger partial charge in [0.1, 0.15) is 0 Å². The van der Waals surface area contributed by atoms with Gasteiger partial charge in [0, 0.05) is 41.3 Å². The first-order valence-corrected chi connectivity index (χ1v) is 12.2. The summed E-state index contributed by atoms with van der Waals surface area (Å²) in [6.45, 7) is 4.60. The van der Waals surface area contributed by atoms with Gasteiger partial charge in [0.25, 0.3) is 0 Å². The molecule has 9 heteroatoms. The van der Waals surface area contributed by atoms with E-state index < -0.39 is 0 Å². The first kappa shape index (κ1) is 23.6. The summed E-state index contributed by atoms with van der Waals surface area (Å²) in [6.07, 6.45) is 2.77. The number of hydrogen-bond donors (Lipinski definition) is 2. The summed E-state index contributed by atoms with van der Waals surface area (Å²) < 4.78 is 6.89. The number of amides is 1. The van der Waals surface area contributed by atoms with E-state index in [1.54, 1.807) is 6.92 Å². The molecule has 0 radical (unpaired) electrons. The number of ether oxygens (including phenoxy) is 1. The number of rotatable bonds is 10. The molecular formula is C25H27N5O3S. The number of thioether (sulfide) groups is 1. The molecule has 0 unspecified atom stereocenters. The predicted octanol–water partition coefficient (Wildman–Crippen LogP) is 4.28. The van der Waals surface area contributed by atoms with Crippen LogP contribution in [-0.2, 0) is 14.3 Å². The molecule has 4 rings (SSSR count). The normalized spacial score (nSPS) is 11.0. The number of aromatic amines is 1. The van der Waals surface area contributed by atoms with Crippen LogP contribution in [0.25, 0.3) is 28.0 Å². The minimum atomic E-state index is -0.248. The first-order chi connectivity index (χ1) is 16.6. The summed E-state index contributed by atoms with van der Waals surface area (Å²) in [4.78, 5) is 27.1. The highest BCUT2D eigenvalue weighted by molar-refractivity contribution is 7.99. The second kappa shape index (κ2) is 11.0. The van der Waals surface area contributed by atoms with Crippen LogP contribution in [0, 0.1) is 6.92 Å². The van der Waals surface area contributed by atoms with Crippen LogP contribution >= 0.6 is 11.8 Å². The number of nitrogens with zero attached hydrogens (tertiary/aromatic N) is 3. The topological polar surface area (TPSA) is 102 Å². The van der Waals surface area contributed by atoms with Gasteiger partial charge in [-0.25, -0.2) is 0 Å². The molecule has 2 aromatic carbocycles. The minimum absolute atomic E-state index is 0.124. The number of para-hydroxylation sites is 1. The number of benzene rings is 2. The van der Waals surface area contributed by atoms with Crippen LogP contribution in [-0.4, -0.2) is 50.5 Å². The number of carbonyl (C=O) groups excluding carboxylic acids is 2. The Morgan fingerprint density at radius 2 is 2.00 bits per heavy atom. The zero-order valence-corrected chi connectivity index (χ0v) is 20.0. The highest BCUT2D eigenvalue weighted by Crippen LogP contribution is 2.32. The maximum Gasteiger partial charge on any atom is 0.305 e. The van der Waals surface area contributed by atoms with E-state index in [1.807, 2.05) is 60.2 Å². The van der Waals surface area contributed by atoms with E-state index in [0.29, 0.717) is 30.6 Å². The number of carbonyl (C=O) groups is 2. The van der Waals surface area contributed by atoms with Crippen molar-refractivity contribution >= 4 is 34.5 Å². The van der Waals surface area contributed by atoms with E-state index in [1.165, 1.54) is 11.8 Å². The number of hydrogen-bond acceptors (Lipinski definition) is 6. The Kier molecular flexibility index (Phi) is 7.64. The smallest absolute Gasteiger partial charge is 0.305 e. The Bertz CT molecular complexity index is 1300. The second-order valence-electron chi connectivity index (χ2n) is 7.78. The molecule has 0 fully saturated rings. The van der Waals surface area contributed by atoms with E-state index in [4.69, 9.17) is 4.74 Å². The molecule has 0 bridgehead atoms. The third-order valence-electron chi connectivity index (χ3n) is 5.24. The van der Waals surface area contributed by atoms with E-state index in [0.717, 1.165) is 27.7 Å². The Labute approximate surface area is 202 Å². The van der Waals surface area contributed by atoms with Crippen LogP contribution in [0.5, 0.6) is 0 Å². The molecule has 4 aromatic rings. The first-order valence-electron chi connectivity index (χ1n) is 11.2. The molecule has 0 saturated heterocycles. The largest absolute Gasteiger partial charge is 0.466 e. The van der Waals surface area contributed by atoms with Gasteiger partial charge in [0.05, 0.1) is 12.4 Å². The summed E-state index contributed by atoms with van der Waals surface area (Å²) in [5.41, 5.74) is 4.02. The SMILES string of the molecule is CCOC(=O)CCCNC(=O)CSc1nnc(-c2c[nH]c3ccccc23)n1-c1cccc(C)c1. The molecule has 176 valence electrons. The maximum absolute atomic E-state index is 12.4. The van der Waals surface area contributed by atoms with Crippen molar-refractivity contribution < 1.29 is 14.3 Å². The maximum atomic E-state index is 12.4. The van der Waals surface area contributed by atoms with Crippen molar-refractivity contribution in [3.63, 3.8) is 0 Å². The fraction of sp³-hybridized carbons (Fsp3) is 0.280. The molecule has 0 aliphatic rings. The molecular weight excluding hydrogens is 450 g/mol. The van der Waals surface area contributed by atoms with E-state index in [9.17, 15) is 9.59 Å². The number of fused-ring (bicyclic) bond motifs is 1. The lowest BCUT2D eigenvalue weighted by Crippen LogP contribution is -2.26. The van der Waals surface area contributed by atoms with Crippen molar-refractivity contribution in [1.29, 1.82) is 0 Å². The van der Waals surface area contributed by atoms with E-state index >= 15 is 0 Å². The lowest BCUT2D eigenvalue weighted by Gasteiger charge is -2.11. The van der Waals surface area contributed by atoms with Crippen molar-refractivity contribution in [2.24, 2.45) is 0 Å². The molecule has 2 N–H and O–H groups in total. The van der Waals surface area contributed by atoms with Crippen LogP contribution in [0.3, 0.4) is 0 Å². The molecule has 0 spiro atoms. The molecule has 2 aromatic heterocycles. The number of aromatic nitrogens is 4. The third kappa shape index (κ3) is 5.48. The van der Waals surface area contributed by atoms with Crippen molar-refractivity contribution in [3.8, 4) is 17.1 Å². The van der Waals surface area contributed by atoms with Gasteiger partial charge < -0.3 is 15.0 Å². The summed E-state index contributed by atoms with van der Waals surface area (Å²) >= 11 is 1.33. The average molecular weight is 478 g/mol. The van der Waals surface area contributed by atoms with Gasteiger partial charge in [-0.15, -0.1) is 10.2 Å². The Morgan fingerprint density at radius 1 is 1.15 bits per heavy atom. The summed E-state index contributed by atoms with van der Waals surface area (Å²) in [5.74, 6) is 0.529. The molecule has 34 heavy (non-hydrogen) atoms. The highest BCUT2D eigenvalue weighted by atomic mass is 32.2. The fourth-order valence-corrected chi connectivity index (χ4v) is 4.45. The van der Waals surface area contributed by atoms with Gasteiger partial charge in [0.15, 0.2) is 11.0 Å². The van der Waals surface area contributed by atoms with Crippen molar-refractivity contribution in [2.45, 2.75) is 31.8 Å². The van der Waals surface area contributed by atoms with Crippen molar-refractivity contribution in [2.75, 3.05) is 18.9 Å². The van der Waals surface area contributed by atoms with Crippen LogP contribution in [0.4, 0.5) is 0 Å². The molecule has 0 saturated carbocycles. The highest BCUT2D eigenvalue weighted by Gasteiger charge is 2.19. The molecule has 0 aliphatic heterocycles. The van der Waals surface area contributed by atoms with Gasteiger partial charge >= 0.3 is 5.97 Å². The Morgan fingerprint density at radius 3 is 2.82 bits per heavy atom. The fourth-order valence-electron chi connectivity index (χ4n) is 3.67. The van der Waals surface area contributed by atoms with Gasteiger partial charge in [-0.2, -0.15) is 0 Å². The zero-order valence-electron chi connectivity index (χ0n) is 19.2. The number of aryl methyl sites for hydroxylation is 1. The predicted molar refractivity (Wildman–Crippen MR) is 133 cm³/mol. The van der Waals surface area contributed by atoms with Crippen LogP contribution < -0.4 is 5.32 Å².